The van der Waals surface area contributed by atoms with E-state index in [1.807, 2.05) is 0 Å². The summed E-state index contributed by atoms with van der Waals surface area (Å²) in [7, 11) is 0. The van der Waals surface area contributed by atoms with E-state index >= 15 is 0 Å². The molecule has 0 aliphatic heterocycles. The standard InChI is InChI=1S/C5H3BrNOS/c6-1-5(8)4-2-9-3-7-4/h2H,1H2. The van der Waals surface area contributed by atoms with Gasteiger partial charge in [-0.2, -0.15) is 0 Å². The minimum absolute atomic E-state index is 0.00694. The number of Topliss-reactive ketones (excluding diaryl/α,β-unsaturated/α-hetero) is 1. The van der Waals surface area contributed by atoms with Gasteiger partial charge in [-0.05, 0) is 0 Å². The lowest BCUT2D eigenvalue weighted by Gasteiger charge is -1.83. The van der Waals surface area contributed by atoms with Crippen molar-refractivity contribution >= 4 is 33.0 Å². The van der Waals surface area contributed by atoms with Crippen molar-refractivity contribution in [3.05, 3.63) is 16.6 Å². The van der Waals surface area contributed by atoms with Crippen molar-refractivity contribution in [3.8, 4) is 0 Å². The van der Waals surface area contributed by atoms with Crippen molar-refractivity contribution in [2.45, 2.75) is 0 Å². The Labute approximate surface area is 65.1 Å². The van der Waals surface area contributed by atoms with Crippen molar-refractivity contribution in [1.29, 1.82) is 0 Å². The second-order valence-electron chi connectivity index (χ2n) is 1.38. The number of rotatable bonds is 2. The quantitative estimate of drug-likeness (QED) is 0.541. The first-order chi connectivity index (χ1) is 4.34. The zero-order valence-corrected chi connectivity index (χ0v) is 6.83. The summed E-state index contributed by atoms with van der Waals surface area (Å²) in [4.78, 5) is 14.5. The van der Waals surface area contributed by atoms with Gasteiger partial charge in [-0.25, -0.2) is 4.98 Å². The molecule has 0 atom stereocenters. The van der Waals surface area contributed by atoms with Gasteiger partial charge < -0.3 is 0 Å². The number of carbonyl (C=O) groups is 1. The zero-order chi connectivity index (χ0) is 6.69. The maximum Gasteiger partial charge on any atom is 0.192 e. The highest BCUT2D eigenvalue weighted by atomic mass is 79.9. The highest BCUT2D eigenvalue weighted by Gasteiger charge is 2.03. The summed E-state index contributed by atoms with van der Waals surface area (Å²) in [6, 6.07) is 0. The van der Waals surface area contributed by atoms with E-state index in [-0.39, 0.29) is 5.78 Å². The molecule has 1 aromatic heterocycles. The first-order valence-corrected chi connectivity index (χ1v) is 4.25. The van der Waals surface area contributed by atoms with Gasteiger partial charge in [-0.15, -0.1) is 11.3 Å². The molecule has 9 heavy (non-hydrogen) atoms. The number of hydrogen-bond donors (Lipinski definition) is 0. The molecule has 0 unspecified atom stereocenters. The molecule has 0 aliphatic carbocycles. The summed E-state index contributed by atoms with van der Waals surface area (Å²) in [5.41, 5.74) is 3.09. The van der Waals surface area contributed by atoms with Crippen LogP contribution in [0.15, 0.2) is 5.38 Å². The van der Waals surface area contributed by atoms with E-state index in [0.29, 0.717) is 11.0 Å². The Morgan fingerprint density at radius 2 is 2.78 bits per heavy atom. The highest BCUT2D eigenvalue weighted by Crippen LogP contribution is 2.02. The van der Waals surface area contributed by atoms with Crippen LogP contribution in [0.3, 0.4) is 0 Å². The van der Waals surface area contributed by atoms with Crippen LogP contribution in [-0.2, 0) is 0 Å². The predicted octanol–water partition coefficient (Wildman–Crippen LogP) is 1.52. The summed E-state index contributed by atoms with van der Waals surface area (Å²) < 4.78 is 0. The predicted molar refractivity (Wildman–Crippen MR) is 39.1 cm³/mol. The van der Waals surface area contributed by atoms with E-state index in [9.17, 15) is 4.79 Å². The van der Waals surface area contributed by atoms with Gasteiger partial charge >= 0.3 is 0 Å². The van der Waals surface area contributed by atoms with Gasteiger partial charge in [-0.3, -0.25) is 4.79 Å². The highest BCUT2D eigenvalue weighted by molar-refractivity contribution is 9.09. The fourth-order valence-electron chi connectivity index (χ4n) is 0.381. The lowest BCUT2D eigenvalue weighted by Crippen LogP contribution is -1.98. The fourth-order valence-corrected chi connectivity index (χ4v) is 1.17. The molecule has 0 bridgehead atoms. The van der Waals surface area contributed by atoms with Crippen molar-refractivity contribution in [3.63, 3.8) is 0 Å². The number of alkyl halides is 1. The van der Waals surface area contributed by atoms with Crippen molar-refractivity contribution in [2.24, 2.45) is 0 Å². The molecule has 0 N–H and O–H groups in total. The molecule has 0 saturated heterocycles. The molecular weight excluding hydrogens is 202 g/mol. The minimum atomic E-state index is 0.00694. The molecule has 0 aromatic carbocycles. The van der Waals surface area contributed by atoms with Crippen LogP contribution in [-0.4, -0.2) is 16.1 Å². The lowest BCUT2D eigenvalue weighted by atomic mass is 10.4. The second kappa shape index (κ2) is 3.08. The van der Waals surface area contributed by atoms with Crippen LogP contribution in [0.4, 0.5) is 0 Å². The molecule has 1 radical (unpaired) electrons. The lowest BCUT2D eigenvalue weighted by molar-refractivity contribution is 0.102. The van der Waals surface area contributed by atoms with Crippen molar-refractivity contribution in [2.75, 3.05) is 5.33 Å². The third kappa shape index (κ3) is 1.59. The molecule has 1 rings (SSSR count). The van der Waals surface area contributed by atoms with Crippen molar-refractivity contribution in [1.82, 2.24) is 4.98 Å². The summed E-state index contributed by atoms with van der Waals surface area (Å²) in [6.07, 6.45) is 0. The topological polar surface area (TPSA) is 30.0 Å². The van der Waals surface area contributed by atoms with Gasteiger partial charge in [-0.1, -0.05) is 15.9 Å². The Morgan fingerprint density at radius 1 is 2.00 bits per heavy atom. The average molecular weight is 205 g/mol. The van der Waals surface area contributed by atoms with Crippen LogP contribution in [0.5, 0.6) is 0 Å². The summed E-state index contributed by atoms with van der Waals surface area (Å²) in [6.45, 7) is 0. The second-order valence-corrected chi connectivity index (χ2v) is 2.60. The van der Waals surface area contributed by atoms with Crippen LogP contribution in [0.25, 0.3) is 0 Å². The molecule has 0 fully saturated rings. The molecule has 0 spiro atoms. The van der Waals surface area contributed by atoms with Gasteiger partial charge in [0.1, 0.15) is 5.69 Å². The number of thiazole rings is 1. The summed E-state index contributed by atoms with van der Waals surface area (Å²) in [5.74, 6) is 0.00694. The first kappa shape index (κ1) is 6.89. The molecule has 0 saturated carbocycles. The minimum Gasteiger partial charge on any atom is -0.291 e. The van der Waals surface area contributed by atoms with E-state index in [1.54, 1.807) is 5.38 Å². The number of halogens is 1. The fraction of sp³-hybridized carbons (Fsp3) is 0.200. The van der Waals surface area contributed by atoms with Gasteiger partial charge in [0.25, 0.3) is 0 Å². The van der Waals surface area contributed by atoms with Gasteiger partial charge in [0, 0.05) is 5.38 Å². The number of ketones is 1. The number of hydrogen-bond acceptors (Lipinski definition) is 3. The van der Waals surface area contributed by atoms with Crippen LogP contribution in [0, 0.1) is 5.51 Å². The molecule has 2 nitrogen and oxygen atoms in total. The van der Waals surface area contributed by atoms with E-state index in [1.165, 1.54) is 11.3 Å². The van der Waals surface area contributed by atoms with Crippen LogP contribution < -0.4 is 0 Å². The van der Waals surface area contributed by atoms with E-state index < -0.39 is 0 Å². The third-order valence-corrected chi connectivity index (χ3v) is 1.84. The average Bonchev–Trinajstić information content (AvgIpc) is 2.37. The Bertz CT molecular complexity index is 197. The van der Waals surface area contributed by atoms with Gasteiger partial charge in [0.2, 0.25) is 0 Å². The largest absolute Gasteiger partial charge is 0.291 e. The zero-order valence-electron chi connectivity index (χ0n) is 4.43. The maximum absolute atomic E-state index is 10.8. The molecular formula is C5H3BrNOS. The Morgan fingerprint density at radius 3 is 3.22 bits per heavy atom. The Kier molecular flexibility index (Phi) is 2.36. The smallest absolute Gasteiger partial charge is 0.192 e. The number of aromatic nitrogens is 1. The number of nitrogens with zero attached hydrogens (tertiary/aromatic N) is 1. The van der Waals surface area contributed by atoms with Crippen LogP contribution in [0.1, 0.15) is 10.5 Å². The molecule has 47 valence electrons. The SMILES string of the molecule is O=C(CBr)c1cs[c]n1. The molecule has 1 heterocycles. The maximum atomic E-state index is 10.8. The van der Waals surface area contributed by atoms with Crippen LogP contribution >= 0.6 is 27.3 Å². The summed E-state index contributed by atoms with van der Waals surface area (Å²) >= 11 is 4.34. The molecule has 0 amide bonds. The molecule has 0 aliphatic rings. The van der Waals surface area contributed by atoms with E-state index in [2.05, 4.69) is 26.4 Å². The van der Waals surface area contributed by atoms with Crippen molar-refractivity contribution < 1.29 is 4.79 Å². The van der Waals surface area contributed by atoms with Gasteiger partial charge in [0.15, 0.2) is 11.3 Å². The normalized spacial score (nSPS) is 9.44. The van der Waals surface area contributed by atoms with Crippen LogP contribution in [0.2, 0.25) is 0 Å². The van der Waals surface area contributed by atoms with Gasteiger partial charge in [0.05, 0.1) is 5.33 Å². The Hall–Kier alpha value is -0.220. The Balaban J connectivity index is 2.77. The number of carbonyl (C=O) groups excluding carboxylic acids is 1. The molecule has 4 heteroatoms. The monoisotopic (exact) mass is 204 g/mol. The third-order valence-electron chi connectivity index (χ3n) is 0.796. The first-order valence-electron chi connectivity index (χ1n) is 2.25. The summed E-state index contributed by atoms with van der Waals surface area (Å²) in [5, 5.41) is 2.02. The molecule has 1 aromatic rings. The van der Waals surface area contributed by atoms with E-state index in [4.69, 9.17) is 0 Å². The van der Waals surface area contributed by atoms with E-state index in [0.717, 1.165) is 0 Å².